The van der Waals surface area contributed by atoms with Gasteiger partial charge in [0.25, 0.3) is 0 Å². The second-order valence-electron chi connectivity index (χ2n) is 8.43. The Balaban J connectivity index is 1.71. The van der Waals surface area contributed by atoms with Crippen molar-refractivity contribution < 1.29 is 0 Å². The van der Waals surface area contributed by atoms with E-state index in [1.165, 1.54) is 71.0 Å². The summed E-state index contributed by atoms with van der Waals surface area (Å²) in [6.07, 6.45) is 11.4. The molecule has 0 aromatic heterocycles. The van der Waals surface area contributed by atoms with E-state index in [1.807, 2.05) is 0 Å². The average Bonchev–Trinajstić information content (AvgIpc) is 3.26. The van der Waals surface area contributed by atoms with Crippen molar-refractivity contribution in [3.8, 4) is 0 Å². The molecule has 1 atom stereocenters. The number of nitrogens with zero attached hydrogens (tertiary/aromatic N) is 1. The molecular formula is C18H34N2. The molecule has 1 aliphatic heterocycles. The number of nitrogens with one attached hydrogen (secondary N) is 1. The van der Waals surface area contributed by atoms with E-state index in [0.29, 0.717) is 11.1 Å². The maximum Gasteiger partial charge on any atom is 0.0334 e. The summed E-state index contributed by atoms with van der Waals surface area (Å²) in [6, 6.07) is 0. The van der Waals surface area contributed by atoms with Crippen molar-refractivity contribution in [2.45, 2.75) is 83.2 Å². The number of hydrogen-bond acceptors (Lipinski definition) is 2. The van der Waals surface area contributed by atoms with Crippen molar-refractivity contribution in [3.05, 3.63) is 0 Å². The molecule has 3 fully saturated rings. The number of rotatable bonds is 4. The highest BCUT2D eigenvalue weighted by Crippen LogP contribution is 2.46. The van der Waals surface area contributed by atoms with Gasteiger partial charge >= 0.3 is 0 Å². The van der Waals surface area contributed by atoms with E-state index in [9.17, 15) is 0 Å². The molecule has 0 amide bonds. The fraction of sp³-hybridized carbons (Fsp3) is 1.00. The Kier molecular flexibility index (Phi) is 4.16. The van der Waals surface area contributed by atoms with Crippen LogP contribution in [-0.2, 0) is 0 Å². The van der Waals surface area contributed by atoms with E-state index < -0.39 is 0 Å². The standard InChI is InChI=1S/C18H34N2/c1-15(2)9-12-20-14-18(10-5-4-6-11-18)19-13-17(20,3)16-7-8-16/h15-16,19H,4-14H2,1-3H3. The molecule has 0 radical (unpaired) electrons. The van der Waals surface area contributed by atoms with E-state index in [1.54, 1.807) is 0 Å². The van der Waals surface area contributed by atoms with Crippen LogP contribution in [0.3, 0.4) is 0 Å². The highest BCUT2D eigenvalue weighted by molar-refractivity contribution is 5.09. The maximum atomic E-state index is 4.02. The van der Waals surface area contributed by atoms with Crippen LogP contribution < -0.4 is 5.32 Å². The van der Waals surface area contributed by atoms with Gasteiger partial charge in [0.05, 0.1) is 0 Å². The number of piperazine rings is 1. The highest BCUT2D eigenvalue weighted by Gasteiger charge is 2.51. The van der Waals surface area contributed by atoms with Gasteiger partial charge in [-0.1, -0.05) is 33.1 Å². The summed E-state index contributed by atoms with van der Waals surface area (Å²) < 4.78 is 0. The molecule has 0 aromatic carbocycles. The second kappa shape index (κ2) is 5.61. The summed E-state index contributed by atoms with van der Waals surface area (Å²) in [5.41, 5.74) is 0.904. The van der Waals surface area contributed by atoms with Crippen molar-refractivity contribution in [2.24, 2.45) is 11.8 Å². The van der Waals surface area contributed by atoms with Crippen molar-refractivity contribution >= 4 is 0 Å². The van der Waals surface area contributed by atoms with Gasteiger partial charge in [-0.05, 0) is 57.4 Å². The van der Waals surface area contributed by atoms with Crippen molar-refractivity contribution in [3.63, 3.8) is 0 Å². The molecule has 1 N–H and O–H groups in total. The maximum absolute atomic E-state index is 4.02. The lowest BCUT2D eigenvalue weighted by Crippen LogP contribution is -2.70. The van der Waals surface area contributed by atoms with Crippen LogP contribution in [-0.4, -0.2) is 35.6 Å². The SMILES string of the molecule is CC(C)CCN1CC2(CCCCC2)NCC1(C)C1CC1. The van der Waals surface area contributed by atoms with Crippen LogP contribution in [0.2, 0.25) is 0 Å². The molecule has 1 unspecified atom stereocenters. The third-order valence-electron chi connectivity index (χ3n) is 6.28. The molecule has 2 aliphatic carbocycles. The van der Waals surface area contributed by atoms with Gasteiger partial charge in [0, 0.05) is 24.2 Å². The summed E-state index contributed by atoms with van der Waals surface area (Å²) in [5, 5.41) is 4.02. The largest absolute Gasteiger partial charge is 0.308 e. The zero-order chi connectivity index (χ0) is 14.2. The average molecular weight is 278 g/mol. The Morgan fingerprint density at radius 2 is 1.85 bits per heavy atom. The quantitative estimate of drug-likeness (QED) is 0.841. The predicted octanol–water partition coefficient (Wildman–Crippen LogP) is 3.81. The van der Waals surface area contributed by atoms with Crippen molar-refractivity contribution in [1.29, 1.82) is 0 Å². The molecule has 3 rings (SSSR count). The fourth-order valence-electron chi connectivity index (χ4n) is 4.50. The van der Waals surface area contributed by atoms with Gasteiger partial charge in [0.15, 0.2) is 0 Å². The monoisotopic (exact) mass is 278 g/mol. The van der Waals surface area contributed by atoms with E-state index >= 15 is 0 Å². The first-order valence-corrected chi connectivity index (χ1v) is 9.04. The zero-order valence-electron chi connectivity index (χ0n) is 13.9. The lowest BCUT2D eigenvalue weighted by Gasteiger charge is -2.55. The Bertz CT molecular complexity index is 328. The third-order valence-corrected chi connectivity index (χ3v) is 6.28. The van der Waals surface area contributed by atoms with Gasteiger partial charge in [-0.2, -0.15) is 0 Å². The van der Waals surface area contributed by atoms with Crippen LogP contribution >= 0.6 is 0 Å². The lowest BCUT2D eigenvalue weighted by molar-refractivity contribution is -0.0142. The summed E-state index contributed by atoms with van der Waals surface area (Å²) >= 11 is 0. The Morgan fingerprint density at radius 3 is 2.45 bits per heavy atom. The van der Waals surface area contributed by atoms with Crippen LogP contribution in [0.1, 0.15) is 72.1 Å². The Labute approximate surface area is 125 Å². The van der Waals surface area contributed by atoms with Gasteiger partial charge < -0.3 is 5.32 Å². The molecule has 20 heavy (non-hydrogen) atoms. The molecule has 1 spiro atoms. The van der Waals surface area contributed by atoms with Gasteiger partial charge in [-0.15, -0.1) is 0 Å². The second-order valence-corrected chi connectivity index (χ2v) is 8.43. The molecule has 116 valence electrons. The van der Waals surface area contributed by atoms with E-state index in [0.717, 1.165) is 11.8 Å². The fourth-order valence-corrected chi connectivity index (χ4v) is 4.50. The summed E-state index contributed by atoms with van der Waals surface area (Å²) in [5.74, 6) is 1.79. The van der Waals surface area contributed by atoms with Gasteiger partial charge in [0.2, 0.25) is 0 Å². The van der Waals surface area contributed by atoms with Crippen LogP contribution in [0.15, 0.2) is 0 Å². The molecule has 1 saturated heterocycles. The third kappa shape index (κ3) is 2.92. The first-order valence-electron chi connectivity index (χ1n) is 9.04. The first-order chi connectivity index (χ1) is 9.54. The summed E-state index contributed by atoms with van der Waals surface area (Å²) in [7, 11) is 0. The van der Waals surface area contributed by atoms with E-state index in [2.05, 4.69) is 31.0 Å². The molecule has 0 bridgehead atoms. The Hall–Kier alpha value is -0.0800. The molecule has 2 saturated carbocycles. The highest BCUT2D eigenvalue weighted by atomic mass is 15.3. The van der Waals surface area contributed by atoms with Crippen molar-refractivity contribution in [1.82, 2.24) is 10.2 Å². The first kappa shape index (κ1) is 14.8. The topological polar surface area (TPSA) is 15.3 Å². The van der Waals surface area contributed by atoms with Crippen LogP contribution in [0.25, 0.3) is 0 Å². The van der Waals surface area contributed by atoms with Crippen LogP contribution in [0.5, 0.6) is 0 Å². The van der Waals surface area contributed by atoms with Gasteiger partial charge in [0.1, 0.15) is 0 Å². The smallest absolute Gasteiger partial charge is 0.0334 e. The van der Waals surface area contributed by atoms with Crippen molar-refractivity contribution in [2.75, 3.05) is 19.6 Å². The number of hydrogen-bond donors (Lipinski definition) is 1. The molecule has 0 aromatic rings. The molecule has 2 heteroatoms. The minimum absolute atomic E-state index is 0.442. The zero-order valence-corrected chi connectivity index (χ0v) is 13.9. The summed E-state index contributed by atoms with van der Waals surface area (Å²) in [4.78, 5) is 2.90. The summed E-state index contributed by atoms with van der Waals surface area (Å²) in [6.45, 7) is 11.1. The minimum Gasteiger partial charge on any atom is -0.308 e. The molecule has 3 aliphatic rings. The van der Waals surface area contributed by atoms with Crippen LogP contribution in [0, 0.1) is 11.8 Å². The normalized spacial score (nSPS) is 34.8. The molecular weight excluding hydrogens is 244 g/mol. The van der Waals surface area contributed by atoms with E-state index in [-0.39, 0.29) is 0 Å². The van der Waals surface area contributed by atoms with Gasteiger partial charge in [-0.25, -0.2) is 0 Å². The minimum atomic E-state index is 0.442. The Morgan fingerprint density at radius 1 is 1.15 bits per heavy atom. The van der Waals surface area contributed by atoms with Crippen LogP contribution in [0.4, 0.5) is 0 Å². The lowest BCUT2D eigenvalue weighted by atomic mass is 9.76. The molecule has 1 heterocycles. The van der Waals surface area contributed by atoms with Gasteiger partial charge in [-0.3, -0.25) is 4.90 Å². The molecule has 2 nitrogen and oxygen atoms in total. The van der Waals surface area contributed by atoms with E-state index in [4.69, 9.17) is 0 Å². The predicted molar refractivity (Wildman–Crippen MR) is 86.0 cm³/mol.